The van der Waals surface area contributed by atoms with E-state index >= 15 is 0 Å². The Labute approximate surface area is 92.7 Å². The second-order valence-corrected chi connectivity index (χ2v) is 3.99. The second kappa shape index (κ2) is 6.27. The Morgan fingerprint density at radius 3 is 2.80 bits per heavy atom. The fourth-order valence-corrected chi connectivity index (χ4v) is 1.69. The summed E-state index contributed by atoms with van der Waals surface area (Å²) in [4.78, 5) is 0. The van der Waals surface area contributed by atoms with Crippen LogP contribution in [-0.4, -0.2) is 6.04 Å². The zero-order valence-corrected chi connectivity index (χ0v) is 9.37. The molecule has 1 rings (SSSR count). The van der Waals surface area contributed by atoms with Gasteiger partial charge in [-0.1, -0.05) is 24.3 Å². The molecular formula is C14H19N. The van der Waals surface area contributed by atoms with Crippen molar-refractivity contribution >= 4 is 0 Å². The predicted octanol–water partition coefficient (Wildman–Crippen LogP) is 2.67. The molecule has 1 aromatic carbocycles. The molecule has 0 aromatic heterocycles. The van der Waals surface area contributed by atoms with E-state index in [2.05, 4.69) is 37.1 Å². The predicted molar refractivity (Wildman–Crippen MR) is 65.5 cm³/mol. The van der Waals surface area contributed by atoms with Crippen molar-refractivity contribution in [3.05, 3.63) is 35.4 Å². The van der Waals surface area contributed by atoms with Crippen LogP contribution in [0, 0.1) is 19.3 Å². The van der Waals surface area contributed by atoms with Gasteiger partial charge in [0.05, 0.1) is 0 Å². The third-order valence-corrected chi connectivity index (χ3v) is 2.64. The lowest BCUT2D eigenvalue weighted by molar-refractivity contribution is 0.586. The summed E-state index contributed by atoms with van der Waals surface area (Å²) in [6.45, 7) is 2.13. The molecule has 0 saturated carbocycles. The van der Waals surface area contributed by atoms with E-state index in [4.69, 9.17) is 12.2 Å². The van der Waals surface area contributed by atoms with Gasteiger partial charge in [-0.2, -0.15) is 0 Å². The molecular weight excluding hydrogens is 182 g/mol. The van der Waals surface area contributed by atoms with Crippen LogP contribution in [0.15, 0.2) is 24.3 Å². The molecule has 15 heavy (non-hydrogen) atoms. The van der Waals surface area contributed by atoms with Crippen LogP contribution >= 0.6 is 0 Å². The van der Waals surface area contributed by atoms with Gasteiger partial charge < -0.3 is 5.73 Å². The highest BCUT2D eigenvalue weighted by atomic mass is 14.6. The summed E-state index contributed by atoms with van der Waals surface area (Å²) >= 11 is 0. The van der Waals surface area contributed by atoms with Gasteiger partial charge in [0.1, 0.15) is 0 Å². The Morgan fingerprint density at radius 2 is 2.13 bits per heavy atom. The molecule has 0 aliphatic heterocycles. The molecule has 0 radical (unpaired) electrons. The van der Waals surface area contributed by atoms with Gasteiger partial charge in [-0.15, -0.1) is 12.3 Å². The van der Waals surface area contributed by atoms with E-state index in [0.29, 0.717) is 0 Å². The second-order valence-electron chi connectivity index (χ2n) is 3.99. The number of nitrogens with two attached hydrogens (primary N) is 1. The summed E-state index contributed by atoms with van der Waals surface area (Å²) < 4.78 is 0. The van der Waals surface area contributed by atoms with Gasteiger partial charge in [0.15, 0.2) is 0 Å². The number of hydrogen-bond donors (Lipinski definition) is 1. The van der Waals surface area contributed by atoms with Gasteiger partial charge in [0.25, 0.3) is 0 Å². The van der Waals surface area contributed by atoms with Crippen LogP contribution in [0.1, 0.15) is 30.4 Å². The van der Waals surface area contributed by atoms with Crippen molar-refractivity contribution in [2.45, 2.75) is 38.6 Å². The highest BCUT2D eigenvalue weighted by Crippen LogP contribution is 2.11. The first-order valence-electron chi connectivity index (χ1n) is 5.47. The van der Waals surface area contributed by atoms with Crippen molar-refractivity contribution in [1.82, 2.24) is 0 Å². The zero-order valence-electron chi connectivity index (χ0n) is 9.37. The minimum absolute atomic E-state index is 0.236. The summed E-state index contributed by atoms with van der Waals surface area (Å²) in [6, 6.07) is 8.64. The molecule has 0 saturated heterocycles. The van der Waals surface area contributed by atoms with E-state index in [1.807, 2.05) is 0 Å². The van der Waals surface area contributed by atoms with Gasteiger partial charge in [-0.3, -0.25) is 0 Å². The van der Waals surface area contributed by atoms with Crippen molar-refractivity contribution in [3.8, 4) is 12.3 Å². The van der Waals surface area contributed by atoms with E-state index < -0.39 is 0 Å². The van der Waals surface area contributed by atoms with Crippen molar-refractivity contribution in [2.24, 2.45) is 5.73 Å². The van der Waals surface area contributed by atoms with Gasteiger partial charge in [0.2, 0.25) is 0 Å². The molecule has 0 aliphatic rings. The largest absolute Gasteiger partial charge is 0.327 e. The van der Waals surface area contributed by atoms with Crippen LogP contribution in [-0.2, 0) is 6.42 Å². The van der Waals surface area contributed by atoms with Crippen LogP contribution in [0.3, 0.4) is 0 Å². The number of terminal acetylenes is 1. The van der Waals surface area contributed by atoms with Crippen molar-refractivity contribution in [3.63, 3.8) is 0 Å². The van der Waals surface area contributed by atoms with Crippen LogP contribution in [0.25, 0.3) is 0 Å². The molecule has 0 spiro atoms. The highest BCUT2D eigenvalue weighted by molar-refractivity contribution is 5.26. The molecule has 1 atom stereocenters. The molecule has 0 bridgehead atoms. The minimum atomic E-state index is 0.236. The molecule has 80 valence electrons. The standard InChI is InChI=1S/C14H19N/c1-3-4-5-10-14(15)11-13-9-7-6-8-12(13)2/h1,6-9,14H,4-5,10-11,15H2,2H3. The quantitative estimate of drug-likeness (QED) is 0.575. The Balaban J connectivity index is 2.41. The van der Waals surface area contributed by atoms with Gasteiger partial charge in [0, 0.05) is 12.5 Å². The maximum absolute atomic E-state index is 6.05. The molecule has 0 fully saturated rings. The van der Waals surface area contributed by atoms with Crippen LogP contribution in [0.2, 0.25) is 0 Å². The smallest absolute Gasteiger partial charge is 0.00866 e. The summed E-state index contributed by atoms with van der Waals surface area (Å²) in [7, 11) is 0. The van der Waals surface area contributed by atoms with E-state index in [0.717, 1.165) is 25.7 Å². The van der Waals surface area contributed by atoms with Crippen molar-refractivity contribution < 1.29 is 0 Å². The third kappa shape index (κ3) is 4.18. The molecule has 1 heteroatoms. The highest BCUT2D eigenvalue weighted by Gasteiger charge is 2.05. The summed E-state index contributed by atoms with van der Waals surface area (Å²) in [6.07, 6.45) is 9.03. The van der Waals surface area contributed by atoms with E-state index in [1.54, 1.807) is 0 Å². The number of hydrogen-bond acceptors (Lipinski definition) is 1. The first-order valence-corrected chi connectivity index (χ1v) is 5.47. The molecule has 1 unspecified atom stereocenters. The van der Waals surface area contributed by atoms with Gasteiger partial charge in [-0.25, -0.2) is 0 Å². The number of unbranched alkanes of at least 4 members (excludes halogenated alkanes) is 1. The Bertz CT molecular complexity index is 335. The molecule has 0 aliphatic carbocycles. The number of benzene rings is 1. The minimum Gasteiger partial charge on any atom is -0.327 e. The fraction of sp³-hybridized carbons (Fsp3) is 0.429. The maximum Gasteiger partial charge on any atom is 0.00866 e. The molecule has 0 amide bonds. The summed E-state index contributed by atoms with van der Waals surface area (Å²) in [5.41, 5.74) is 8.72. The van der Waals surface area contributed by atoms with Crippen LogP contribution in [0.5, 0.6) is 0 Å². The molecule has 2 N–H and O–H groups in total. The van der Waals surface area contributed by atoms with Gasteiger partial charge in [-0.05, 0) is 37.3 Å². The molecule has 0 heterocycles. The first-order chi connectivity index (χ1) is 7.24. The van der Waals surface area contributed by atoms with Crippen LogP contribution in [0.4, 0.5) is 0 Å². The van der Waals surface area contributed by atoms with Crippen molar-refractivity contribution in [1.29, 1.82) is 0 Å². The monoisotopic (exact) mass is 201 g/mol. The summed E-state index contributed by atoms with van der Waals surface area (Å²) in [5.74, 6) is 2.64. The van der Waals surface area contributed by atoms with Crippen molar-refractivity contribution in [2.75, 3.05) is 0 Å². The summed E-state index contributed by atoms with van der Waals surface area (Å²) in [5, 5.41) is 0. The number of aryl methyl sites for hydroxylation is 1. The topological polar surface area (TPSA) is 26.0 Å². The average Bonchev–Trinajstić information content (AvgIpc) is 2.22. The lowest BCUT2D eigenvalue weighted by Crippen LogP contribution is -2.22. The Kier molecular flexibility index (Phi) is 4.93. The maximum atomic E-state index is 6.05. The molecule has 1 aromatic rings. The molecule has 1 nitrogen and oxygen atoms in total. The van der Waals surface area contributed by atoms with Crippen LogP contribution < -0.4 is 5.73 Å². The van der Waals surface area contributed by atoms with Gasteiger partial charge >= 0.3 is 0 Å². The lowest BCUT2D eigenvalue weighted by atomic mass is 9.98. The third-order valence-electron chi connectivity index (χ3n) is 2.64. The first kappa shape index (κ1) is 11.8. The lowest BCUT2D eigenvalue weighted by Gasteiger charge is -2.12. The number of rotatable bonds is 5. The normalized spacial score (nSPS) is 12.1. The zero-order chi connectivity index (χ0) is 11.1. The van der Waals surface area contributed by atoms with E-state index in [-0.39, 0.29) is 6.04 Å². The van der Waals surface area contributed by atoms with E-state index in [1.165, 1.54) is 11.1 Å². The fourth-order valence-electron chi connectivity index (χ4n) is 1.69. The SMILES string of the molecule is C#CCCCC(N)Cc1ccccc1C. The Morgan fingerprint density at radius 1 is 1.40 bits per heavy atom. The average molecular weight is 201 g/mol. The van der Waals surface area contributed by atoms with E-state index in [9.17, 15) is 0 Å². The Hall–Kier alpha value is -1.26.